The van der Waals surface area contributed by atoms with Crippen LogP contribution in [0.25, 0.3) is 0 Å². The Hall–Kier alpha value is -1.50. The van der Waals surface area contributed by atoms with Gasteiger partial charge in [0.15, 0.2) is 5.69 Å². The fourth-order valence-corrected chi connectivity index (χ4v) is 3.23. The Morgan fingerprint density at radius 1 is 1.37 bits per heavy atom. The highest BCUT2D eigenvalue weighted by Gasteiger charge is 2.18. The summed E-state index contributed by atoms with van der Waals surface area (Å²) >= 11 is 0. The van der Waals surface area contributed by atoms with Crippen molar-refractivity contribution in [2.45, 2.75) is 25.8 Å². The summed E-state index contributed by atoms with van der Waals surface area (Å²) in [6.07, 6.45) is 1.76. The first-order chi connectivity index (χ1) is 9.19. The number of nitrogens with zero attached hydrogens (tertiary/aromatic N) is 2. The zero-order valence-corrected chi connectivity index (χ0v) is 11.7. The van der Waals surface area contributed by atoms with Crippen molar-refractivity contribution in [3.05, 3.63) is 17.8 Å². The van der Waals surface area contributed by atoms with E-state index < -0.39 is 10.8 Å². The van der Waals surface area contributed by atoms with Crippen molar-refractivity contribution in [2.75, 3.05) is 23.4 Å². The van der Waals surface area contributed by atoms with Crippen LogP contribution in [0.3, 0.4) is 0 Å². The summed E-state index contributed by atoms with van der Waals surface area (Å²) in [6, 6.07) is 3.70. The van der Waals surface area contributed by atoms with Gasteiger partial charge in [-0.3, -0.25) is 9.00 Å². The average Bonchev–Trinajstić information content (AvgIpc) is 2.42. The molecule has 1 aliphatic heterocycles. The van der Waals surface area contributed by atoms with E-state index in [1.165, 1.54) is 0 Å². The highest BCUT2D eigenvalue weighted by Crippen LogP contribution is 2.14. The van der Waals surface area contributed by atoms with E-state index in [4.69, 9.17) is 0 Å². The van der Waals surface area contributed by atoms with Gasteiger partial charge >= 0.3 is 0 Å². The highest BCUT2D eigenvalue weighted by molar-refractivity contribution is 7.85. The summed E-state index contributed by atoms with van der Waals surface area (Å²) in [7, 11) is -0.660. The maximum atomic E-state index is 11.5. The molecule has 2 heterocycles. The zero-order chi connectivity index (χ0) is 13.7. The SMILES string of the molecule is CCNC(=O)c1ccc(NC2CCS(=O)CC2)nn1. The summed E-state index contributed by atoms with van der Waals surface area (Å²) in [5, 5.41) is 13.8. The van der Waals surface area contributed by atoms with E-state index in [1.54, 1.807) is 12.1 Å². The van der Waals surface area contributed by atoms with Crippen LogP contribution < -0.4 is 10.6 Å². The molecule has 6 nitrogen and oxygen atoms in total. The Morgan fingerprint density at radius 2 is 2.11 bits per heavy atom. The van der Waals surface area contributed by atoms with E-state index in [0.29, 0.717) is 24.1 Å². The molecule has 0 aliphatic carbocycles. The Morgan fingerprint density at radius 3 is 2.68 bits per heavy atom. The third kappa shape index (κ3) is 3.99. The Bertz CT molecular complexity index is 453. The minimum atomic E-state index is -0.660. The molecule has 104 valence electrons. The molecule has 1 fully saturated rings. The monoisotopic (exact) mass is 282 g/mol. The molecule has 1 amide bonds. The van der Waals surface area contributed by atoms with Gasteiger partial charge < -0.3 is 10.6 Å². The molecule has 0 radical (unpaired) electrons. The van der Waals surface area contributed by atoms with Crippen LogP contribution in [-0.4, -0.2) is 44.4 Å². The Balaban J connectivity index is 1.91. The number of aromatic nitrogens is 2. The van der Waals surface area contributed by atoms with Crippen molar-refractivity contribution < 1.29 is 9.00 Å². The molecule has 0 spiro atoms. The number of rotatable bonds is 4. The second kappa shape index (κ2) is 6.60. The molecule has 0 unspecified atom stereocenters. The second-order valence-electron chi connectivity index (χ2n) is 4.43. The van der Waals surface area contributed by atoms with Crippen molar-refractivity contribution in [1.82, 2.24) is 15.5 Å². The van der Waals surface area contributed by atoms with Gasteiger partial charge in [-0.2, -0.15) is 0 Å². The van der Waals surface area contributed by atoms with Gasteiger partial charge in [-0.05, 0) is 31.9 Å². The van der Waals surface area contributed by atoms with Gasteiger partial charge in [0.2, 0.25) is 0 Å². The van der Waals surface area contributed by atoms with Crippen LogP contribution in [-0.2, 0) is 10.8 Å². The lowest BCUT2D eigenvalue weighted by Gasteiger charge is -2.22. The van der Waals surface area contributed by atoms with Crippen molar-refractivity contribution in [2.24, 2.45) is 0 Å². The maximum Gasteiger partial charge on any atom is 0.271 e. The van der Waals surface area contributed by atoms with Crippen LogP contribution in [0.5, 0.6) is 0 Å². The normalized spacial score (nSPS) is 22.8. The summed E-state index contributed by atoms with van der Waals surface area (Å²) in [4.78, 5) is 11.5. The van der Waals surface area contributed by atoms with E-state index in [9.17, 15) is 9.00 Å². The lowest BCUT2D eigenvalue weighted by atomic mass is 10.1. The molecular formula is C12H18N4O2S. The number of carbonyl (C=O) groups excluding carboxylic acids is 1. The summed E-state index contributed by atoms with van der Waals surface area (Å²) in [5.41, 5.74) is 0.317. The molecule has 2 N–H and O–H groups in total. The number of carbonyl (C=O) groups is 1. The number of amides is 1. The van der Waals surface area contributed by atoms with Crippen LogP contribution >= 0.6 is 0 Å². The van der Waals surface area contributed by atoms with Crippen molar-refractivity contribution in [3.63, 3.8) is 0 Å². The number of anilines is 1. The molecule has 1 saturated heterocycles. The van der Waals surface area contributed by atoms with Gasteiger partial charge in [0.05, 0.1) is 0 Å². The second-order valence-corrected chi connectivity index (χ2v) is 6.13. The van der Waals surface area contributed by atoms with Crippen molar-refractivity contribution in [3.8, 4) is 0 Å². The molecule has 1 aromatic rings. The van der Waals surface area contributed by atoms with Crippen LogP contribution in [0.15, 0.2) is 12.1 Å². The first-order valence-corrected chi connectivity index (χ1v) is 7.91. The number of hydrogen-bond donors (Lipinski definition) is 2. The predicted octanol–water partition coefficient (Wildman–Crippen LogP) is 0.549. The van der Waals surface area contributed by atoms with E-state index in [0.717, 1.165) is 24.3 Å². The van der Waals surface area contributed by atoms with Gasteiger partial charge in [0, 0.05) is 34.9 Å². The molecule has 0 atom stereocenters. The smallest absolute Gasteiger partial charge is 0.271 e. The van der Waals surface area contributed by atoms with E-state index in [1.807, 2.05) is 6.92 Å². The fraction of sp³-hybridized carbons (Fsp3) is 0.583. The molecule has 7 heteroatoms. The molecule has 1 aliphatic rings. The maximum absolute atomic E-state index is 11.5. The van der Waals surface area contributed by atoms with E-state index >= 15 is 0 Å². The van der Waals surface area contributed by atoms with Gasteiger partial charge in [-0.1, -0.05) is 0 Å². The van der Waals surface area contributed by atoms with Gasteiger partial charge in [-0.15, -0.1) is 10.2 Å². The largest absolute Gasteiger partial charge is 0.366 e. The summed E-state index contributed by atoms with van der Waals surface area (Å²) < 4.78 is 11.3. The molecule has 0 bridgehead atoms. The minimum absolute atomic E-state index is 0.213. The number of nitrogens with one attached hydrogen (secondary N) is 2. The standard InChI is InChI=1S/C12H18N4O2S/c1-2-13-12(17)10-3-4-11(16-15-10)14-9-5-7-19(18)8-6-9/h3-4,9H,2,5-8H2,1H3,(H,13,17)(H,14,16). The zero-order valence-electron chi connectivity index (χ0n) is 10.9. The Labute approximate surface area is 114 Å². The molecular weight excluding hydrogens is 264 g/mol. The number of hydrogen-bond acceptors (Lipinski definition) is 5. The molecule has 1 aromatic heterocycles. The van der Waals surface area contributed by atoms with Crippen molar-refractivity contribution >= 4 is 22.5 Å². The Kier molecular flexibility index (Phi) is 4.84. The lowest BCUT2D eigenvalue weighted by molar-refractivity contribution is 0.0950. The van der Waals surface area contributed by atoms with Crippen LogP contribution in [0.1, 0.15) is 30.3 Å². The van der Waals surface area contributed by atoms with E-state index in [-0.39, 0.29) is 5.91 Å². The first kappa shape index (κ1) is 13.9. The van der Waals surface area contributed by atoms with Gasteiger partial charge in [0.25, 0.3) is 5.91 Å². The summed E-state index contributed by atoms with van der Waals surface area (Å²) in [5.74, 6) is 1.92. The quantitative estimate of drug-likeness (QED) is 0.842. The predicted molar refractivity (Wildman–Crippen MR) is 74.6 cm³/mol. The molecule has 0 aromatic carbocycles. The topological polar surface area (TPSA) is 84.0 Å². The molecule has 19 heavy (non-hydrogen) atoms. The third-order valence-electron chi connectivity index (χ3n) is 2.97. The van der Waals surface area contributed by atoms with Gasteiger partial charge in [0.1, 0.15) is 5.82 Å². The van der Waals surface area contributed by atoms with Crippen LogP contribution in [0.2, 0.25) is 0 Å². The van der Waals surface area contributed by atoms with Crippen molar-refractivity contribution in [1.29, 1.82) is 0 Å². The van der Waals surface area contributed by atoms with Crippen LogP contribution in [0.4, 0.5) is 5.82 Å². The lowest BCUT2D eigenvalue weighted by Crippen LogP contribution is -2.30. The van der Waals surface area contributed by atoms with E-state index in [2.05, 4.69) is 20.8 Å². The van der Waals surface area contributed by atoms with Gasteiger partial charge in [-0.25, -0.2) is 0 Å². The highest BCUT2D eigenvalue weighted by atomic mass is 32.2. The molecule has 0 saturated carbocycles. The fourth-order valence-electron chi connectivity index (χ4n) is 1.93. The molecule has 2 rings (SSSR count). The third-order valence-corrected chi connectivity index (χ3v) is 4.36. The summed E-state index contributed by atoms with van der Waals surface area (Å²) in [6.45, 7) is 2.42. The average molecular weight is 282 g/mol. The van der Waals surface area contributed by atoms with Crippen LogP contribution in [0, 0.1) is 0 Å². The minimum Gasteiger partial charge on any atom is -0.366 e. The first-order valence-electron chi connectivity index (χ1n) is 6.42.